The highest BCUT2D eigenvalue weighted by Gasteiger charge is 2.20. The summed E-state index contributed by atoms with van der Waals surface area (Å²) < 4.78 is 0. The zero-order valence-electron chi connectivity index (χ0n) is 11.9. The molecular formula is C15H24N2. The highest BCUT2D eigenvalue weighted by Crippen LogP contribution is 2.18. The van der Waals surface area contributed by atoms with Crippen LogP contribution in [0.3, 0.4) is 0 Å². The average Bonchev–Trinajstić information content (AvgIpc) is 2.18. The molecule has 0 bridgehead atoms. The van der Waals surface area contributed by atoms with Gasteiger partial charge in [-0.25, -0.2) is 0 Å². The number of nitrogens with zero attached hydrogens (tertiary/aromatic N) is 2. The molecule has 0 N–H and O–H groups in total. The molecule has 0 atom stereocenters. The molecule has 1 aromatic rings. The van der Waals surface area contributed by atoms with Gasteiger partial charge in [0.1, 0.15) is 5.84 Å². The van der Waals surface area contributed by atoms with Crippen molar-refractivity contribution >= 4 is 5.84 Å². The molecule has 0 aliphatic heterocycles. The fourth-order valence-corrected chi connectivity index (χ4v) is 1.91. The van der Waals surface area contributed by atoms with Gasteiger partial charge in [-0.05, 0) is 12.5 Å². The predicted molar refractivity (Wildman–Crippen MR) is 75.5 cm³/mol. The largest absolute Gasteiger partial charge is 0.366 e. The Hall–Kier alpha value is -1.31. The molecule has 0 fully saturated rings. The molecule has 0 saturated carbocycles. The van der Waals surface area contributed by atoms with E-state index in [0.29, 0.717) is 0 Å². The van der Waals surface area contributed by atoms with Gasteiger partial charge in [0.2, 0.25) is 0 Å². The minimum absolute atomic E-state index is 0.0915. The van der Waals surface area contributed by atoms with Crippen molar-refractivity contribution in [3.05, 3.63) is 35.4 Å². The molecular weight excluding hydrogens is 208 g/mol. The van der Waals surface area contributed by atoms with E-state index in [1.54, 1.807) is 0 Å². The third kappa shape index (κ3) is 4.22. The molecule has 0 heterocycles. The molecule has 0 aliphatic rings. The summed E-state index contributed by atoms with van der Waals surface area (Å²) in [6.07, 6.45) is 0. The SMILES string of the molecule is Cc1ccc(CN=C(N(C)C)C(C)(C)C)cc1. The molecule has 2 nitrogen and oxygen atoms in total. The normalized spacial score (nSPS) is 12.7. The first-order chi connectivity index (χ1) is 7.80. The van der Waals surface area contributed by atoms with Gasteiger partial charge in [-0.15, -0.1) is 0 Å². The Labute approximate surface area is 105 Å². The molecule has 1 rings (SSSR count). The number of aliphatic imine (C=N–C) groups is 1. The van der Waals surface area contributed by atoms with E-state index in [0.717, 1.165) is 12.4 Å². The van der Waals surface area contributed by atoms with Crippen molar-refractivity contribution in [2.45, 2.75) is 34.2 Å². The topological polar surface area (TPSA) is 15.6 Å². The third-order valence-electron chi connectivity index (χ3n) is 2.63. The van der Waals surface area contributed by atoms with Crippen molar-refractivity contribution < 1.29 is 0 Å². The second-order valence-corrected chi connectivity index (χ2v) is 5.77. The lowest BCUT2D eigenvalue weighted by molar-refractivity contribution is 0.477. The Kier molecular flexibility index (Phi) is 4.33. The Morgan fingerprint density at radius 2 is 1.65 bits per heavy atom. The van der Waals surface area contributed by atoms with Crippen LogP contribution < -0.4 is 0 Å². The fourth-order valence-electron chi connectivity index (χ4n) is 1.91. The maximum atomic E-state index is 4.74. The van der Waals surface area contributed by atoms with E-state index in [9.17, 15) is 0 Å². The van der Waals surface area contributed by atoms with Crippen molar-refractivity contribution in [1.82, 2.24) is 4.90 Å². The van der Waals surface area contributed by atoms with E-state index in [-0.39, 0.29) is 5.41 Å². The van der Waals surface area contributed by atoms with Gasteiger partial charge in [0.05, 0.1) is 6.54 Å². The highest BCUT2D eigenvalue weighted by molar-refractivity contribution is 5.86. The zero-order valence-corrected chi connectivity index (χ0v) is 11.9. The van der Waals surface area contributed by atoms with Crippen molar-refractivity contribution in [2.24, 2.45) is 10.4 Å². The number of benzene rings is 1. The van der Waals surface area contributed by atoms with E-state index >= 15 is 0 Å². The van der Waals surface area contributed by atoms with Crippen LogP contribution in [0.15, 0.2) is 29.3 Å². The maximum Gasteiger partial charge on any atom is 0.104 e. The molecule has 0 aliphatic carbocycles. The molecule has 0 radical (unpaired) electrons. The van der Waals surface area contributed by atoms with Gasteiger partial charge in [-0.2, -0.15) is 0 Å². The van der Waals surface area contributed by atoms with Crippen LogP contribution in [0, 0.1) is 12.3 Å². The van der Waals surface area contributed by atoms with Crippen molar-refractivity contribution in [3.63, 3.8) is 0 Å². The van der Waals surface area contributed by atoms with Crippen LogP contribution in [-0.2, 0) is 6.54 Å². The van der Waals surface area contributed by atoms with Gasteiger partial charge in [-0.3, -0.25) is 4.99 Å². The van der Waals surface area contributed by atoms with Crippen LogP contribution >= 0.6 is 0 Å². The predicted octanol–water partition coefficient (Wildman–Crippen LogP) is 3.50. The monoisotopic (exact) mass is 232 g/mol. The molecule has 1 aromatic carbocycles. The van der Waals surface area contributed by atoms with Gasteiger partial charge in [0.15, 0.2) is 0 Å². The van der Waals surface area contributed by atoms with Gasteiger partial charge < -0.3 is 4.90 Å². The minimum Gasteiger partial charge on any atom is -0.366 e. The highest BCUT2D eigenvalue weighted by atomic mass is 15.1. The Bertz CT molecular complexity index is 380. The van der Waals surface area contributed by atoms with E-state index in [4.69, 9.17) is 4.99 Å². The number of aryl methyl sites for hydroxylation is 1. The lowest BCUT2D eigenvalue weighted by atomic mass is 9.94. The number of rotatable bonds is 2. The molecule has 94 valence electrons. The smallest absolute Gasteiger partial charge is 0.104 e. The van der Waals surface area contributed by atoms with E-state index in [1.807, 2.05) is 0 Å². The summed E-state index contributed by atoms with van der Waals surface area (Å²) in [5.74, 6) is 1.14. The summed E-state index contributed by atoms with van der Waals surface area (Å²) in [6.45, 7) is 9.45. The Morgan fingerprint density at radius 3 is 2.06 bits per heavy atom. The standard InChI is InChI=1S/C15H24N2/c1-12-7-9-13(10-8-12)11-16-14(17(5)6)15(2,3)4/h7-10H,11H2,1-6H3. The first-order valence-electron chi connectivity index (χ1n) is 6.08. The Morgan fingerprint density at radius 1 is 1.12 bits per heavy atom. The summed E-state index contributed by atoms with van der Waals surface area (Å²) in [4.78, 5) is 6.84. The first-order valence-corrected chi connectivity index (χ1v) is 6.08. The number of hydrogen-bond acceptors (Lipinski definition) is 1. The van der Waals surface area contributed by atoms with Gasteiger partial charge >= 0.3 is 0 Å². The molecule has 2 heteroatoms. The molecule has 0 saturated heterocycles. The van der Waals surface area contributed by atoms with Crippen molar-refractivity contribution in [3.8, 4) is 0 Å². The van der Waals surface area contributed by atoms with Crippen LogP contribution in [0.4, 0.5) is 0 Å². The molecule has 0 aromatic heterocycles. The number of amidine groups is 1. The summed E-state index contributed by atoms with van der Waals surface area (Å²) in [6, 6.07) is 8.57. The fraction of sp³-hybridized carbons (Fsp3) is 0.533. The zero-order chi connectivity index (χ0) is 13.1. The summed E-state index contributed by atoms with van der Waals surface area (Å²) >= 11 is 0. The molecule has 0 amide bonds. The lowest BCUT2D eigenvalue weighted by Gasteiger charge is -2.27. The molecule has 0 unspecified atom stereocenters. The first kappa shape index (κ1) is 13.8. The summed E-state index contributed by atoms with van der Waals surface area (Å²) in [5, 5.41) is 0. The second-order valence-electron chi connectivity index (χ2n) is 5.77. The third-order valence-corrected chi connectivity index (χ3v) is 2.63. The number of hydrogen-bond donors (Lipinski definition) is 0. The van der Waals surface area contributed by atoms with Gasteiger partial charge in [0, 0.05) is 19.5 Å². The molecule has 17 heavy (non-hydrogen) atoms. The molecule has 0 spiro atoms. The van der Waals surface area contributed by atoms with Gasteiger partial charge in [0.25, 0.3) is 0 Å². The quantitative estimate of drug-likeness (QED) is 0.563. The second kappa shape index (κ2) is 5.35. The average molecular weight is 232 g/mol. The van der Waals surface area contributed by atoms with E-state index < -0.39 is 0 Å². The van der Waals surface area contributed by atoms with Crippen LogP contribution in [0.2, 0.25) is 0 Å². The summed E-state index contributed by atoms with van der Waals surface area (Å²) in [7, 11) is 4.11. The van der Waals surface area contributed by atoms with Crippen LogP contribution in [0.1, 0.15) is 31.9 Å². The maximum absolute atomic E-state index is 4.74. The Balaban J connectivity index is 2.83. The van der Waals surface area contributed by atoms with Crippen LogP contribution in [0.25, 0.3) is 0 Å². The van der Waals surface area contributed by atoms with Gasteiger partial charge in [-0.1, -0.05) is 50.6 Å². The minimum atomic E-state index is 0.0915. The van der Waals surface area contributed by atoms with Crippen molar-refractivity contribution in [2.75, 3.05) is 14.1 Å². The lowest BCUT2D eigenvalue weighted by Crippen LogP contribution is -2.34. The van der Waals surface area contributed by atoms with Crippen LogP contribution in [-0.4, -0.2) is 24.8 Å². The van der Waals surface area contributed by atoms with E-state index in [2.05, 4.69) is 71.0 Å². The van der Waals surface area contributed by atoms with E-state index in [1.165, 1.54) is 11.1 Å². The van der Waals surface area contributed by atoms with Crippen molar-refractivity contribution in [1.29, 1.82) is 0 Å². The van der Waals surface area contributed by atoms with Crippen LogP contribution in [0.5, 0.6) is 0 Å². The summed E-state index contributed by atoms with van der Waals surface area (Å²) in [5.41, 5.74) is 2.65.